The van der Waals surface area contributed by atoms with Gasteiger partial charge in [0, 0.05) is 5.69 Å². The molecule has 1 heterocycles. The number of nitrogens with two attached hydrogens (primary N) is 1. The zero-order valence-electron chi connectivity index (χ0n) is 17.9. The van der Waals surface area contributed by atoms with Gasteiger partial charge in [-0.3, -0.25) is 4.79 Å². The molecule has 1 amide bonds. The van der Waals surface area contributed by atoms with Crippen molar-refractivity contribution in [2.24, 2.45) is 0 Å². The van der Waals surface area contributed by atoms with Crippen LogP contribution >= 0.6 is 11.8 Å². The lowest BCUT2D eigenvalue weighted by Crippen LogP contribution is -2.21. The van der Waals surface area contributed by atoms with E-state index in [0.717, 1.165) is 11.8 Å². The van der Waals surface area contributed by atoms with E-state index < -0.39 is 15.7 Å². The summed E-state index contributed by atoms with van der Waals surface area (Å²) in [6, 6.07) is 12.9. The third-order valence-electron chi connectivity index (χ3n) is 4.49. The Balaban J connectivity index is 1.83. The van der Waals surface area contributed by atoms with Crippen molar-refractivity contribution in [3.63, 3.8) is 0 Å². The van der Waals surface area contributed by atoms with Gasteiger partial charge in [0.2, 0.25) is 15.7 Å². The van der Waals surface area contributed by atoms with Crippen LogP contribution in [0.1, 0.15) is 6.92 Å². The Morgan fingerprint density at radius 1 is 1.12 bits per heavy atom. The lowest BCUT2D eigenvalue weighted by molar-refractivity contribution is -0.116. The number of sulfone groups is 1. The standard InChI is InChI=1S/C21H24N4O5S2/c1-4-30-16-7-5-14(6-8-16)23-18(26)13-25-20(22)19(21(24-25)31-3)32(27,28)17-11-9-15(29-2)10-12-17/h5-12H,4,13,22H2,1-3H3,(H,23,26). The maximum absolute atomic E-state index is 13.2. The number of aromatic nitrogens is 2. The number of ether oxygens (including phenoxy) is 2. The molecular formula is C21H24N4O5S2. The van der Waals surface area contributed by atoms with Crippen molar-refractivity contribution in [1.29, 1.82) is 0 Å². The predicted molar refractivity (Wildman–Crippen MR) is 123 cm³/mol. The third-order valence-corrected chi connectivity index (χ3v) is 7.13. The number of nitrogen functional groups attached to an aromatic ring is 1. The Morgan fingerprint density at radius 3 is 2.31 bits per heavy atom. The molecule has 11 heteroatoms. The van der Waals surface area contributed by atoms with Gasteiger partial charge in [-0.25, -0.2) is 13.1 Å². The van der Waals surface area contributed by atoms with Gasteiger partial charge in [0.1, 0.15) is 33.8 Å². The fourth-order valence-electron chi connectivity index (χ4n) is 2.95. The lowest BCUT2D eigenvalue weighted by Gasteiger charge is -2.09. The number of carbonyl (C=O) groups is 1. The molecule has 0 radical (unpaired) electrons. The summed E-state index contributed by atoms with van der Waals surface area (Å²) in [5.41, 5.74) is 6.71. The number of anilines is 2. The Morgan fingerprint density at radius 2 is 1.75 bits per heavy atom. The van der Waals surface area contributed by atoms with Crippen LogP contribution in [0.2, 0.25) is 0 Å². The molecule has 0 saturated carbocycles. The van der Waals surface area contributed by atoms with E-state index in [4.69, 9.17) is 15.2 Å². The Kier molecular flexibility index (Phi) is 7.31. The van der Waals surface area contributed by atoms with Gasteiger partial charge in [-0.2, -0.15) is 5.10 Å². The maximum Gasteiger partial charge on any atom is 0.246 e. The summed E-state index contributed by atoms with van der Waals surface area (Å²) in [4.78, 5) is 12.4. The summed E-state index contributed by atoms with van der Waals surface area (Å²) in [6.07, 6.45) is 1.69. The van der Waals surface area contributed by atoms with Gasteiger partial charge in [0.15, 0.2) is 0 Å². The van der Waals surface area contributed by atoms with Crippen molar-refractivity contribution in [1.82, 2.24) is 9.78 Å². The zero-order valence-corrected chi connectivity index (χ0v) is 19.5. The van der Waals surface area contributed by atoms with Crippen molar-refractivity contribution >= 4 is 39.0 Å². The number of nitrogens with one attached hydrogen (secondary N) is 1. The second-order valence-electron chi connectivity index (χ2n) is 6.57. The molecule has 0 aliphatic rings. The highest BCUT2D eigenvalue weighted by molar-refractivity contribution is 7.99. The highest BCUT2D eigenvalue weighted by atomic mass is 32.2. The molecule has 3 aromatic rings. The molecule has 3 N–H and O–H groups in total. The van der Waals surface area contributed by atoms with Crippen LogP contribution in [0.15, 0.2) is 63.3 Å². The molecular weight excluding hydrogens is 452 g/mol. The largest absolute Gasteiger partial charge is 0.497 e. The summed E-state index contributed by atoms with van der Waals surface area (Å²) >= 11 is 1.14. The number of benzene rings is 2. The summed E-state index contributed by atoms with van der Waals surface area (Å²) in [5, 5.41) is 7.19. The Labute approximate surface area is 190 Å². The van der Waals surface area contributed by atoms with Crippen LogP contribution in [0.4, 0.5) is 11.5 Å². The Hall–Kier alpha value is -3.18. The van der Waals surface area contributed by atoms with Crippen molar-refractivity contribution in [3.8, 4) is 11.5 Å². The van der Waals surface area contributed by atoms with Gasteiger partial charge < -0.3 is 20.5 Å². The average Bonchev–Trinajstić information content (AvgIpc) is 3.11. The van der Waals surface area contributed by atoms with Gasteiger partial charge in [0.05, 0.1) is 18.6 Å². The zero-order chi connectivity index (χ0) is 23.3. The monoisotopic (exact) mass is 476 g/mol. The fourth-order valence-corrected chi connectivity index (χ4v) is 5.38. The number of rotatable bonds is 9. The molecule has 0 fully saturated rings. The number of hydrogen-bond donors (Lipinski definition) is 2. The highest BCUT2D eigenvalue weighted by Crippen LogP contribution is 2.34. The molecule has 170 valence electrons. The first-order chi connectivity index (χ1) is 15.3. The first kappa shape index (κ1) is 23.5. The van der Waals surface area contributed by atoms with E-state index in [-0.39, 0.29) is 27.2 Å². The van der Waals surface area contributed by atoms with Crippen LogP contribution in [0.5, 0.6) is 11.5 Å². The SMILES string of the molecule is CCOc1ccc(NC(=O)Cn2nc(SC)c(S(=O)(=O)c3ccc(OC)cc3)c2N)cc1. The first-order valence-corrected chi connectivity index (χ1v) is 12.3. The average molecular weight is 477 g/mol. The molecule has 0 aliphatic heterocycles. The lowest BCUT2D eigenvalue weighted by atomic mass is 10.3. The van der Waals surface area contributed by atoms with Gasteiger partial charge >= 0.3 is 0 Å². The van der Waals surface area contributed by atoms with Gasteiger partial charge in [0.25, 0.3) is 0 Å². The maximum atomic E-state index is 13.2. The van der Waals surface area contributed by atoms with Gasteiger partial charge in [-0.15, -0.1) is 11.8 Å². The normalized spacial score (nSPS) is 11.2. The molecule has 1 aromatic heterocycles. The van der Waals surface area contributed by atoms with Crippen LogP contribution in [0, 0.1) is 0 Å². The Bertz CT molecular complexity index is 1190. The molecule has 9 nitrogen and oxygen atoms in total. The number of hydrogen-bond acceptors (Lipinski definition) is 8. The summed E-state index contributed by atoms with van der Waals surface area (Å²) in [7, 11) is -2.46. The second-order valence-corrected chi connectivity index (χ2v) is 9.25. The molecule has 0 atom stereocenters. The van der Waals surface area contributed by atoms with Crippen molar-refractivity contribution in [2.75, 3.05) is 31.0 Å². The minimum absolute atomic E-state index is 0.0543. The van der Waals surface area contributed by atoms with E-state index in [1.807, 2.05) is 6.92 Å². The van der Waals surface area contributed by atoms with E-state index in [0.29, 0.717) is 23.8 Å². The van der Waals surface area contributed by atoms with Crippen LogP contribution in [-0.2, 0) is 21.2 Å². The number of amides is 1. The number of methoxy groups -OCH3 is 1. The predicted octanol–water partition coefficient (Wildman–Crippen LogP) is 3.07. The van der Waals surface area contributed by atoms with Crippen molar-refractivity contribution in [3.05, 3.63) is 48.5 Å². The topological polar surface area (TPSA) is 126 Å². The highest BCUT2D eigenvalue weighted by Gasteiger charge is 2.29. The van der Waals surface area contributed by atoms with E-state index >= 15 is 0 Å². The van der Waals surface area contributed by atoms with Crippen molar-refractivity contribution < 1.29 is 22.7 Å². The first-order valence-electron chi connectivity index (χ1n) is 9.62. The van der Waals surface area contributed by atoms with E-state index in [1.54, 1.807) is 42.7 Å². The summed E-state index contributed by atoms with van der Waals surface area (Å²) in [6.45, 7) is 2.19. The van der Waals surface area contributed by atoms with E-state index in [9.17, 15) is 13.2 Å². The molecule has 3 rings (SSSR count). The molecule has 0 unspecified atom stereocenters. The van der Waals surface area contributed by atoms with E-state index in [1.165, 1.54) is 23.9 Å². The molecule has 0 aliphatic carbocycles. The number of thioether (sulfide) groups is 1. The van der Waals surface area contributed by atoms with E-state index in [2.05, 4.69) is 10.4 Å². The smallest absolute Gasteiger partial charge is 0.246 e. The van der Waals surface area contributed by atoms with Crippen LogP contribution in [0.3, 0.4) is 0 Å². The van der Waals surface area contributed by atoms with Gasteiger partial charge in [-0.05, 0) is 61.7 Å². The molecule has 0 saturated heterocycles. The number of carbonyl (C=O) groups excluding carboxylic acids is 1. The number of nitrogens with zero attached hydrogens (tertiary/aromatic N) is 2. The van der Waals surface area contributed by atoms with Crippen LogP contribution in [0.25, 0.3) is 0 Å². The molecule has 0 spiro atoms. The minimum atomic E-state index is -3.95. The van der Waals surface area contributed by atoms with Crippen LogP contribution < -0.4 is 20.5 Å². The second kappa shape index (κ2) is 9.96. The molecule has 0 bridgehead atoms. The molecule has 2 aromatic carbocycles. The molecule has 32 heavy (non-hydrogen) atoms. The summed E-state index contributed by atoms with van der Waals surface area (Å²) < 4.78 is 38.1. The summed E-state index contributed by atoms with van der Waals surface area (Å²) in [5.74, 6) is 0.722. The van der Waals surface area contributed by atoms with Crippen molar-refractivity contribution in [2.45, 2.75) is 28.3 Å². The van der Waals surface area contributed by atoms with Crippen LogP contribution in [-0.4, -0.2) is 44.1 Å². The van der Waals surface area contributed by atoms with Gasteiger partial charge in [-0.1, -0.05) is 0 Å². The third kappa shape index (κ3) is 5.00. The fraction of sp³-hybridized carbons (Fsp3) is 0.238. The minimum Gasteiger partial charge on any atom is -0.497 e. The quantitative estimate of drug-likeness (QED) is 0.451.